The first-order valence-electron chi connectivity index (χ1n) is 8.41. The number of hydrogen-bond acceptors (Lipinski definition) is 3. The van der Waals surface area contributed by atoms with Crippen LogP contribution in [-0.2, 0) is 0 Å². The van der Waals surface area contributed by atoms with E-state index in [1.165, 1.54) is 10.5 Å². The summed E-state index contributed by atoms with van der Waals surface area (Å²) in [4.78, 5) is 4.10. The molecule has 5 heteroatoms. The molecule has 0 bridgehead atoms. The van der Waals surface area contributed by atoms with Crippen molar-refractivity contribution in [3.8, 4) is 0 Å². The van der Waals surface area contributed by atoms with Gasteiger partial charge in [-0.25, -0.2) is 0 Å². The van der Waals surface area contributed by atoms with Gasteiger partial charge >= 0.3 is 0 Å². The van der Waals surface area contributed by atoms with Gasteiger partial charge in [0.05, 0.1) is 0 Å². The number of nitrogens with zero attached hydrogens (tertiary/aromatic N) is 1. The number of benzene rings is 1. The molecule has 1 aliphatic rings. The van der Waals surface area contributed by atoms with Crippen molar-refractivity contribution in [2.45, 2.75) is 57.2 Å². The highest BCUT2D eigenvalue weighted by Gasteiger charge is 2.34. The maximum absolute atomic E-state index is 3.48. The summed E-state index contributed by atoms with van der Waals surface area (Å²) >= 11 is 1.99. The van der Waals surface area contributed by atoms with Crippen molar-refractivity contribution in [1.82, 2.24) is 10.2 Å². The minimum atomic E-state index is 0. The molecule has 0 aromatic heterocycles. The van der Waals surface area contributed by atoms with E-state index in [1.807, 2.05) is 11.8 Å². The molecule has 24 heavy (non-hydrogen) atoms. The van der Waals surface area contributed by atoms with Gasteiger partial charge in [-0.3, -0.25) is 4.90 Å². The van der Waals surface area contributed by atoms with Crippen molar-refractivity contribution in [3.63, 3.8) is 0 Å². The Labute approximate surface area is 165 Å². The Morgan fingerprint density at radius 2 is 1.50 bits per heavy atom. The number of piperazine rings is 1. The van der Waals surface area contributed by atoms with Gasteiger partial charge in [0.15, 0.2) is 0 Å². The lowest BCUT2D eigenvalue weighted by atomic mass is 9.81. The standard InChI is InChI=1S/C19H32N2S.2ClH/c1-18(2,3)17(21-13-11-20-12-14-21)15-9-7-8-10-16(15)22-19(4,5)6;;/h7-10,17,20H,11-14H2,1-6H3;2*1H/t17-;;/m0../s1. The Kier molecular flexibility index (Phi) is 9.71. The first-order valence-corrected chi connectivity index (χ1v) is 9.23. The molecule has 1 aromatic rings. The predicted molar refractivity (Wildman–Crippen MR) is 113 cm³/mol. The van der Waals surface area contributed by atoms with E-state index in [-0.39, 0.29) is 35.0 Å². The smallest absolute Gasteiger partial charge is 0.0408 e. The fourth-order valence-electron chi connectivity index (χ4n) is 3.28. The predicted octanol–water partition coefficient (Wildman–Crippen LogP) is 5.41. The van der Waals surface area contributed by atoms with Gasteiger partial charge in [-0.15, -0.1) is 36.6 Å². The SMILES string of the molecule is CC(C)(C)Sc1ccccc1[C@H](N1CCNCC1)C(C)(C)C.Cl.Cl. The Balaban J connectivity index is 0.00000264. The van der Waals surface area contributed by atoms with E-state index in [0.29, 0.717) is 6.04 Å². The van der Waals surface area contributed by atoms with Crippen molar-refractivity contribution < 1.29 is 0 Å². The summed E-state index contributed by atoms with van der Waals surface area (Å²) in [7, 11) is 0. The molecule has 2 nitrogen and oxygen atoms in total. The maximum atomic E-state index is 3.48. The molecule has 1 aliphatic heterocycles. The van der Waals surface area contributed by atoms with E-state index in [0.717, 1.165) is 26.2 Å². The van der Waals surface area contributed by atoms with Crippen LogP contribution in [0.15, 0.2) is 29.2 Å². The summed E-state index contributed by atoms with van der Waals surface area (Å²) in [6.07, 6.45) is 0. The Bertz CT molecular complexity index is 489. The van der Waals surface area contributed by atoms with Crippen molar-refractivity contribution in [1.29, 1.82) is 0 Å². The zero-order valence-electron chi connectivity index (χ0n) is 15.9. The van der Waals surface area contributed by atoms with E-state index in [4.69, 9.17) is 0 Å². The highest BCUT2D eigenvalue weighted by molar-refractivity contribution is 8.00. The maximum Gasteiger partial charge on any atom is 0.0408 e. The third-order valence-corrected chi connectivity index (χ3v) is 5.17. The summed E-state index contributed by atoms with van der Waals surface area (Å²) in [5.41, 5.74) is 1.73. The lowest BCUT2D eigenvalue weighted by Gasteiger charge is -2.43. The Morgan fingerprint density at radius 3 is 2.00 bits per heavy atom. The van der Waals surface area contributed by atoms with Crippen LogP contribution in [-0.4, -0.2) is 35.8 Å². The van der Waals surface area contributed by atoms with Crippen LogP contribution in [0.3, 0.4) is 0 Å². The van der Waals surface area contributed by atoms with Crippen LogP contribution in [0.5, 0.6) is 0 Å². The van der Waals surface area contributed by atoms with Gasteiger partial charge in [-0.1, -0.05) is 59.7 Å². The van der Waals surface area contributed by atoms with E-state index in [9.17, 15) is 0 Å². The first-order chi connectivity index (χ1) is 10.2. The lowest BCUT2D eigenvalue weighted by Crippen LogP contribution is -2.48. The average Bonchev–Trinajstić information content (AvgIpc) is 2.39. The zero-order valence-corrected chi connectivity index (χ0v) is 18.3. The largest absolute Gasteiger partial charge is 0.314 e. The number of halogens is 2. The normalized spacial score (nSPS) is 17.6. The summed E-state index contributed by atoms with van der Waals surface area (Å²) in [5, 5.41) is 3.48. The fraction of sp³-hybridized carbons (Fsp3) is 0.684. The van der Waals surface area contributed by atoms with Crippen LogP contribution in [0.4, 0.5) is 0 Å². The minimum absolute atomic E-state index is 0. The summed E-state index contributed by atoms with van der Waals surface area (Å²) < 4.78 is 0.238. The Morgan fingerprint density at radius 1 is 0.958 bits per heavy atom. The van der Waals surface area contributed by atoms with E-state index >= 15 is 0 Å². The van der Waals surface area contributed by atoms with Crippen LogP contribution in [0, 0.1) is 5.41 Å². The molecule has 140 valence electrons. The fourth-order valence-corrected chi connectivity index (χ4v) is 4.38. The third kappa shape index (κ3) is 6.76. The summed E-state index contributed by atoms with van der Waals surface area (Å²) in [6.45, 7) is 18.5. The van der Waals surface area contributed by atoms with Crippen molar-refractivity contribution in [2.75, 3.05) is 26.2 Å². The molecule has 0 amide bonds. The molecule has 0 radical (unpaired) electrons. The highest BCUT2D eigenvalue weighted by Crippen LogP contribution is 2.44. The van der Waals surface area contributed by atoms with Gasteiger partial charge in [-0.2, -0.15) is 0 Å². The van der Waals surface area contributed by atoms with Crippen LogP contribution in [0.2, 0.25) is 0 Å². The monoisotopic (exact) mass is 392 g/mol. The molecule has 0 spiro atoms. The molecule has 2 rings (SSSR count). The van der Waals surface area contributed by atoms with Gasteiger partial charge in [0.2, 0.25) is 0 Å². The van der Waals surface area contributed by atoms with E-state index in [1.54, 1.807) is 0 Å². The molecule has 1 atom stereocenters. The number of rotatable bonds is 3. The molecule has 0 saturated carbocycles. The lowest BCUT2D eigenvalue weighted by molar-refractivity contribution is 0.0843. The van der Waals surface area contributed by atoms with Crippen LogP contribution >= 0.6 is 36.6 Å². The Hall–Kier alpha value is 0.0700. The highest BCUT2D eigenvalue weighted by atomic mass is 35.5. The van der Waals surface area contributed by atoms with Gasteiger partial charge in [0.1, 0.15) is 0 Å². The number of nitrogens with one attached hydrogen (secondary N) is 1. The minimum Gasteiger partial charge on any atom is -0.314 e. The first kappa shape index (κ1) is 24.1. The molecule has 1 aromatic carbocycles. The van der Waals surface area contributed by atoms with Gasteiger partial charge in [0.25, 0.3) is 0 Å². The zero-order chi connectivity index (χ0) is 16.4. The topological polar surface area (TPSA) is 15.3 Å². The molecule has 0 unspecified atom stereocenters. The summed E-state index contributed by atoms with van der Waals surface area (Å²) in [5.74, 6) is 0. The van der Waals surface area contributed by atoms with E-state index in [2.05, 4.69) is 76.0 Å². The number of thioether (sulfide) groups is 1. The molecular formula is C19H34Cl2N2S. The van der Waals surface area contributed by atoms with E-state index < -0.39 is 0 Å². The second-order valence-electron chi connectivity index (χ2n) is 8.31. The second-order valence-corrected chi connectivity index (χ2v) is 10.2. The summed E-state index contributed by atoms with van der Waals surface area (Å²) in [6, 6.07) is 9.48. The van der Waals surface area contributed by atoms with Crippen molar-refractivity contribution in [3.05, 3.63) is 29.8 Å². The molecule has 1 saturated heterocycles. The molecular weight excluding hydrogens is 359 g/mol. The molecule has 1 fully saturated rings. The average molecular weight is 393 g/mol. The molecule has 0 aliphatic carbocycles. The molecule has 1 heterocycles. The van der Waals surface area contributed by atoms with Gasteiger partial charge < -0.3 is 5.32 Å². The second kappa shape index (κ2) is 9.68. The van der Waals surface area contributed by atoms with Crippen LogP contribution in [0.25, 0.3) is 0 Å². The van der Waals surface area contributed by atoms with Crippen LogP contribution < -0.4 is 5.32 Å². The van der Waals surface area contributed by atoms with Crippen molar-refractivity contribution in [2.24, 2.45) is 5.41 Å². The molecule has 1 N–H and O–H groups in total. The van der Waals surface area contributed by atoms with Gasteiger partial charge in [-0.05, 0) is 17.0 Å². The van der Waals surface area contributed by atoms with Gasteiger partial charge in [0, 0.05) is 41.9 Å². The van der Waals surface area contributed by atoms with Crippen molar-refractivity contribution >= 4 is 36.6 Å². The third-order valence-electron chi connectivity index (χ3n) is 3.97. The quantitative estimate of drug-likeness (QED) is 0.691. The number of hydrogen-bond donors (Lipinski definition) is 1. The van der Waals surface area contributed by atoms with Crippen LogP contribution in [0.1, 0.15) is 53.1 Å².